The van der Waals surface area contributed by atoms with Gasteiger partial charge >= 0.3 is 0 Å². The number of benzene rings is 2. The van der Waals surface area contributed by atoms with E-state index in [9.17, 15) is 4.79 Å². The average molecular weight is 408 g/mol. The van der Waals surface area contributed by atoms with Gasteiger partial charge in [-0.1, -0.05) is 12.1 Å². The molecule has 0 radical (unpaired) electrons. The van der Waals surface area contributed by atoms with E-state index in [4.69, 9.17) is 5.73 Å². The second-order valence-corrected chi connectivity index (χ2v) is 7.10. The molecule has 1 heterocycles. The minimum absolute atomic E-state index is 0.160. The lowest BCUT2D eigenvalue weighted by molar-refractivity contribution is 0.103. The van der Waals surface area contributed by atoms with Crippen molar-refractivity contribution in [3.63, 3.8) is 0 Å². The summed E-state index contributed by atoms with van der Waals surface area (Å²) in [6.45, 7) is 2.03. The summed E-state index contributed by atoms with van der Waals surface area (Å²) in [5, 5.41) is 3.83. The molecule has 3 N–H and O–H groups in total. The summed E-state index contributed by atoms with van der Waals surface area (Å²) in [4.78, 5) is 13.0. The fraction of sp³-hybridized carbons (Fsp3) is 0.0625. The fourth-order valence-corrected chi connectivity index (χ4v) is 3.59. The van der Waals surface area contributed by atoms with Gasteiger partial charge in [0.1, 0.15) is 4.88 Å². The molecule has 3 nitrogen and oxygen atoms in total. The first-order valence-corrected chi connectivity index (χ1v) is 8.29. The van der Waals surface area contributed by atoms with Crippen LogP contribution in [0.15, 0.2) is 42.5 Å². The molecule has 5 heteroatoms. The summed E-state index contributed by atoms with van der Waals surface area (Å²) in [6, 6.07) is 13.7. The maximum Gasteiger partial charge on any atom is 0.267 e. The van der Waals surface area contributed by atoms with E-state index in [1.807, 2.05) is 43.3 Å². The summed E-state index contributed by atoms with van der Waals surface area (Å²) in [6.07, 6.45) is 0. The van der Waals surface area contributed by atoms with Crippen LogP contribution < -0.4 is 11.1 Å². The van der Waals surface area contributed by atoms with Crippen molar-refractivity contribution in [1.82, 2.24) is 0 Å². The summed E-state index contributed by atoms with van der Waals surface area (Å²) in [5.41, 5.74) is 8.60. The Bertz CT molecular complexity index is 824. The summed E-state index contributed by atoms with van der Waals surface area (Å²) in [5.74, 6) is -0.160. The molecule has 3 aromatic rings. The van der Waals surface area contributed by atoms with Crippen molar-refractivity contribution in [2.24, 2.45) is 0 Å². The van der Waals surface area contributed by atoms with Gasteiger partial charge in [0, 0.05) is 19.3 Å². The lowest BCUT2D eigenvalue weighted by Gasteiger charge is -2.04. The average Bonchev–Trinajstić information content (AvgIpc) is 2.78. The number of nitrogens with two attached hydrogens (primary N) is 1. The minimum atomic E-state index is -0.160. The van der Waals surface area contributed by atoms with Crippen molar-refractivity contribution in [3.8, 4) is 0 Å². The first kappa shape index (κ1) is 14.3. The van der Waals surface area contributed by atoms with E-state index in [2.05, 4.69) is 34.0 Å². The van der Waals surface area contributed by atoms with E-state index in [0.29, 0.717) is 10.6 Å². The zero-order valence-electron chi connectivity index (χ0n) is 11.3. The Balaban J connectivity index is 1.94. The molecule has 0 saturated heterocycles. The lowest BCUT2D eigenvalue weighted by atomic mass is 10.1. The maximum absolute atomic E-state index is 12.4. The number of anilines is 2. The van der Waals surface area contributed by atoms with E-state index in [1.165, 1.54) is 11.3 Å². The van der Waals surface area contributed by atoms with Gasteiger partial charge < -0.3 is 11.1 Å². The fourth-order valence-electron chi connectivity index (χ4n) is 2.11. The van der Waals surface area contributed by atoms with E-state index >= 15 is 0 Å². The quantitative estimate of drug-likeness (QED) is 0.607. The molecule has 0 bridgehead atoms. The molecular weight excluding hydrogens is 395 g/mol. The second kappa shape index (κ2) is 5.65. The predicted molar refractivity (Wildman–Crippen MR) is 98.1 cm³/mol. The van der Waals surface area contributed by atoms with E-state index in [-0.39, 0.29) is 5.91 Å². The van der Waals surface area contributed by atoms with Gasteiger partial charge in [0.05, 0.1) is 5.69 Å². The predicted octanol–water partition coefficient (Wildman–Crippen LogP) is 4.65. The first-order valence-electron chi connectivity index (χ1n) is 6.40. The van der Waals surface area contributed by atoms with Gasteiger partial charge in [-0.3, -0.25) is 4.79 Å². The molecule has 2 aromatic carbocycles. The highest BCUT2D eigenvalue weighted by atomic mass is 127. The third-order valence-electron chi connectivity index (χ3n) is 3.19. The molecule has 0 spiro atoms. The van der Waals surface area contributed by atoms with Crippen molar-refractivity contribution in [2.75, 3.05) is 11.1 Å². The number of carbonyl (C=O) groups excluding carboxylic acids is 1. The lowest BCUT2D eigenvalue weighted by Crippen LogP contribution is -2.11. The highest BCUT2D eigenvalue weighted by molar-refractivity contribution is 14.1. The number of thiophene rings is 1. The number of nitrogen functional groups attached to an aromatic ring is 1. The van der Waals surface area contributed by atoms with Crippen LogP contribution in [0.5, 0.6) is 0 Å². The molecular formula is C16H13IN2OS. The molecule has 0 aliphatic rings. The Morgan fingerprint density at radius 2 is 1.90 bits per heavy atom. The smallest absolute Gasteiger partial charge is 0.267 e. The maximum atomic E-state index is 12.4. The van der Waals surface area contributed by atoms with Gasteiger partial charge in [-0.05, 0) is 65.4 Å². The van der Waals surface area contributed by atoms with Gasteiger partial charge in [-0.2, -0.15) is 0 Å². The highest BCUT2D eigenvalue weighted by Crippen LogP contribution is 2.34. The van der Waals surface area contributed by atoms with Crippen LogP contribution in [0.25, 0.3) is 10.1 Å². The van der Waals surface area contributed by atoms with Crippen LogP contribution in [0.4, 0.5) is 11.4 Å². The molecule has 0 atom stereocenters. The Labute approximate surface area is 140 Å². The Morgan fingerprint density at radius 1 is 1.19 bits per heavy atom. The van der Waals surface area contributed by atoms with Gasteiger partial charge in [0.15, 0.2) is 0 Å². The molecule has 0 saturated carbocycles. The minimum Gasteiger partial charge on any atom is -0.397 e. The van der Waals surface area contributed by atoms with Crippen LogP contribution in [0.3, 0.4) is 0 Å². The van der Waals surface area contributed by atoms with Gasteiger partial charge in [0.2, 0.25) is 0 Å². The van der Waals surface area contributed by atoms with Crippen molar-refractivity contribution in [1.29, 1.82) is 0 Å². The van der Waals surface area contributed by atoms with Crippen LogP contribution in [-0.2, 0) is 0 Å². The Hall–Kier alpha value is -1.60. The molecule has 0 fully saturated rings. The monoisotopic (exact) mass is 408 g/mol. The third-order valence-corrected chi connectivity index (χ3v) is 5.08. The van der Waals surface area contributed by atoms with Crippen molar-refractivity contribution in [2.45, 2.75) is 6.92 Å². The molecule has 0 aliphatic carbocycles. The third kappa shape index (κ3) is 2.89. The second-order valence-electron chi connectivity index (χ2n) is 4.81. The topological polar surface area (TPSA) is 55.1 Å². The standard InChI is InChI=1S/C16H13IN2OS/c1-9-2-7-12-13(8-9)21-15(14(12)18)16(20)19-11-5-3-10(17)4-6-11/h2-8H,18H2,1H3,(H,19,20). The van der Waals surface area contributed by atoms with Gasteiger partial charge in [-0.15, -0.1) is 11.3 Å². The first-order chi connectivity index (χ1) is 10.0. The van der Waals surface area contributed by atoms with Crippen molar-refractivity contribution in [3.05, 3.63) is 56.5 Å². The number of rotatable bonds is 2. The number of aryl methyl sites for hydroxylation is 1. The van der Waals surface area contributed by atoms with Gasteiger partial charge in [-0.25, -0.2) is 0 Å². The zero-order chi connectivity index (χ0) is 15.0. The Kier molecular flexibility index (Phi) is 3.86. The number of halogens is 1. The number of fused-ring (bicyclic) bond motifs is 1. The number of nitrogens with one attached hydrogen (secondary N) is 1. The van der Waals surface area contributed by atoms with Gasteiger partial charge in [0.25, 0.3) is 5.91 Å². The van der Waals surface area contributed by atoms with Crippen LogP contribution in [-0.4, -0.2) is 5.91 Å². The normalized spacial score (nSPS) is 10.8. The molecule has 1 aromatic heterocycles. The number of amides is 1. The van der Waals surface area contributed by atoms with Crippen LogP contribution in [0.2, 0.25) is 0 Å². The van der Waals surface area contributed by atoms with Crippen molar-refractivity contribution < 1.29 is 4.79 Å². The molecule has 21 heavy (non-hydrogen) atoms. The molecule has 0 unspecified atom stereocenters. The zero-order valence-corrected chi connectivity index (χ0v) is 14.3. The number of carbonyl (C=O) groups is 1. The van der Waals surface area contributed by atoms with Crippen LogP contribution in [0, 0.1) is 10.5 Å². The largest absolute Gasteiger partial charge is 0.397 e. The summed E-state index contributed by atoms with van der Waals surface area (Å²) in [7, 11) is 0. The molecule has 0 aliphatic heterocycles. The van der Waals surface area contributed by atoms with Crippen LogP contribution in [0.1, 0.15) is 15.2 Å². The van der Waals surface area contributed by atoms with E-state index in [0.717, 1.165) is 24.9 Å². The van der Waals surface area contributed by atoms with Crippen LogP contribution >= 0.6 is 33.9 Å². The van der Waals surface area contributed by atoms with E-state index < -0.39 is 0 Å². The summed E-state index contributed by atoms with van der Waals surface area (Å²) >= 11 is 3.66. The summed E-state index contributed by atoms with van der Waals surface area (Å²) < 4.78 is 2.17. The van der Waals surface area contributed by atoms with E-state index in [1.54, 1.807) is 0 Å². The highest BCUT2D eigenvalue weighted by Gasteiger charge is 2.16. The number of hydrogen-bond acceptors (Lipinski definition) is 3. The Morgan fingerprint density at radius 3 is 2.62 bits per heavy atom. The number of hydrogen-bond donors (Lipinski definition) is 2. The van der Waals surface area contributed by atoms with Crippen molar-refractivity contribution >= 4 is 61.3 Å². The molecule has 106 valence electrons. The molecule has 1 amide bonds. The molecule has 3 rings (SSSR count). The SMILES string of the molecule is Cc1ccc2c(N)c(C(=O)Nc3ccc(I)cc3)sc2c1.